The molecule has 0 spiro atoms. The summed E-state index contributed by atoms with van der Waals surface area (Å²) in [6.07, 6.45) is 5.19. The second-order valence-electron chi connectivity index (χ2n) is 8.68. The summed E-state index contributed by atoms with van der Waals surface area (Å²) < 4.78 is 18.4. The van der Waals surface area contributed by atoms with Crippen molar-refractivity contribution in [1.29, 1.82) is 0 Å². The van der Waals surface area contributed by atoms with Gasteiger partial charge >= 0.3 is 9.28 Å². The highest BCUT2D eigenvalue weighted by molar-refractivity contribution is 6.78. The minimum Gasteiger partial charge on any atom is -0.518 e. The molecule has 0 aromatic rings. The quantitative estimate of drug-likeness (QED) is 0.298. The van der Waals surface area contributed by atoms with Crippen molar-refractivity contribution in [2.45, 2.75) is 117 Å². The Labute approximate surface area is 171 Å². The highest BCUT2D eigenvalue weighted by atomic mass is 28.4. The van der Waals surface area contributed by atoms with E-state index >= 15 is 0 Å². The van der Waals surface area contributed by atoms with Crippen molar-refractivity contribution in [2.75, 3.05) is 13.2 Å². The van der Waals surface area contributed by atoms with E-state index in [0.717, 1.165) is 37.8 Å². The van der Waals surface area contributed by atoms with Gasteiger partial charge in [0.1, 0.15) is 5.04 Å². The molecule has 0 amide bonds. The third kappa shape index (κ3) is 7.29. The molecule has 0 bridgehead atoms. The molecular formula is C21H45O4Si2. The normalized spacial score (nSPS) is 15.0. The first-order valence-corrected chi connectivity index (χ1v) is 14.6. The molecule has 1 atom stereocenters. The van der Waals surface area contributed by atoms with Crippen molar-refractivity contribution in [3.8, 4) is 0 Å². The number of carbonyl (C=O) groups excluding carboxylic acids is 1. The first kappa shape index (κ1) is 26.8. The average molecular weight is 418 g/mol. The predicted molar refractivity (Wildman–Crippen MR) is 119 cm³/mol. The van der Waals surface area contributed by atoms with Crippen LogP contribution in [0.15, 0.2) is 0 Å². The summed E-state index contributed by atoms with van der Waals surface area (Å²) in [4.78, 5) is 13.6. The molecule has 0 heterocycles. The summed E-state index contributed by atoms with van der Waals surface area (Å²) in [7, 11) is -4.01. The third-order valence-electron chi connectivity index (χ3n) is 5.68. The molecule has 0 N–H and O–H groups in total. The molecule has 6 heteroatoms. The van der Waals surface area contributed by atoms with Gasteiger partial charge in [-0.05, 0) is 44.3 Å². The van der Waals surface area contributed by atoms with Gasteiger partial charge < -0.3 is 13.3 Å². The number of hydrogen-bond acceptors (Lipinski definition) is 4. The molecule has 0 aliphatic rings. The molecule has 0 fully saturated rings. The highest BCUT2D eigenvalue weighted by Gasteiger charge is 2.54. The monoisotopic (exact) mass is 417 g/mol. The lowest BCUT2D eigenvalue weighted by Crippen LogP contribution is -2.52. The molecule has 0 saturated heterocycles. The maximum atomic E-state index is 13.6. The largest absolute Gasteiger partial charge is 0.518 e. The van der Waals surface area contributed by atoms with Crippen molar-refractivity contribution >= 4 is 23.6 Å². The molecule has 0 saturated carbocycles. The Morgan fingerprint density at radius 3 is 1.59 bits per heavy atom. The van der Waals surface area contributed by atoms with Crippen molar-refractivity contribution in [2.24, 2.45) is 0 Å². The topological polar surface area (TPSA) is 44.8 Å². The van der Waals surface area contributed by atoms with Crippen molar-refractivity contribution < 1.29 is 18.1 Å². The Bertz CT molecular complexity index is 409. The third-order valence-corrected chi connectivity index (χ3v) is 13.9. The Morgan fingerprint density at radius 1 is 0.852 bits per heavy atom. The van der Waals surface area contributed by atoms with E-state index in [-0.39, 0.29) is 11.0 Å². The minimum absolute atomic E-state index is 0.0196. The van der Waals surface area contributed by atoms with E-state index in [9.17, 15) is 4.79 Å². The fraction of sp³-hybridized carbons (Fsp3) is 0.952. The lowest BCUT2D eigenvalue weighted by atomic mass is 10.1. The first-order chi connectivity index (χ1) is 12.6. The van der Waals surface area contributed by atoms with Crippen LogP contribution in [-0.2, 0) is 18.1 Å². The van der Waals surface area contributed by atoms with Crippen LogP contribution in [0.4, 0.5) is 0 Å². The summed E-state index contributed by atoms with van der Waals surface area (Å²) in [6, 6.07) is 2.09. The van der Waals surface area contributed by atoms with Gasteiger partial charge in [0, 0.05) is 13.2 Å². The Hall–Kier alpha value is -0.176. The molecule has 27 heavy (non-hydrogen) atoms. The van der Waals surface area contributed by atoms with Crippen LogP contribution in [0, 0.1) is 0 Å². The summed E-state index contributed by atoms with van der Waals surface area (Å²) in [6.45, 7) is 20.3. The summed E-state index contributed by atoms with van der Waals surface area (Å²) in [5.41, 5.74) is 0. The molecule has 161 valence electrons. The average Bonchev–Trinajstić information content (AvgIpc) is 2.61. The van der Waals surface area contributed by atoms with Crippen LogP contribution in [0.2, 0.25) is 22.2 Å². The van der Waals surface area contributed by atoms with E-state index in [1.54, 1.807) is 0 Å². The molecule has 0 aromatic carbocycles. The fourth-order valence-electron chi connectivity index (χ4n) is 3.34. The van der Waals surface area contributed by atoms with Crippen molar-refractivity contribution in [3.63, 3.8) is 0 Å². The SMILES string of the molecule is CCCC[Si](CCCC)(OC(=O)C(C)(CC)[Si](OCC)OCC)C(C)(C)C. The van der Waals surface area contributed by atoms with Crippen molar-refractivity contribution in [1.82, 2.24) is 0 Å². The van der Waals surface area contributed by atoms with Crippen LogP contribution in [0.3, 0.4) is 0 Å². The van der Waals surface area contributed by atoms with Gasteiger partial charge in [-0.3, -0.25) is 4.79 Å². The maximum Gasteiger partial charge on any atom is 0.402 e. The van der Waals surface area contributed by atoms with Crippen LogP contribution in [0.5, 0.6) is 0 Å². The van der Waals surface area contributed by atoms with Gasteiger partial charge in [-0.1, -0.05) is 67.2 Å². The molecule has 1 unspecified atom stereocenters. The van der Waals surface area contributed by atoms with Crippen LogP contribution < -0.4 is 0 Å². The predicted octanol–water partition coefficient (Wildman–Crippen LogP) is 6.61. The number of unbranched alkanes of at least 4 members (excludes halogenated alkanes) is 2. The number of carbonyl (C=O) groups is 1. The standard InChI is InChI=1S/C21H45O4Si2/c1-10-15-17-27(18-16-11-2,20(6,7)8)25-19(22)21(9,12-3)26(23-13-4)24-14-5/h10-18H2,1-9H3. The molecule has 0 aliphatic heterocycles. The van der Waals surface area contributed by atoms with E-state index < -0.39 is 22.6 Å². The van der Waals surface area contributed by atoms with Crippen LogP contribution >= 0.6 is 0 Å². The molecule has 1 radical (unpaired) electrons. The van der Waals surface area contributed by atoms with Crippen LogP contribution in [0.25, 0.3) is 0 Å². The fourth-order valence-corrected chi connectivity index (χ4v) is 9.88. The number of hydrogen-bond donors (Lipinski definition) is 0. The lowest BCUT2D eigenvalue weighted by Gasteiger charge is -2.44. The zero-order valence-corrected chi connectivity index (χ0v) is 21.5. The van der Waals surface area contributed by atoms with Gasteiger partial charge in [0.05, 0.1) is 0 Å². The van der Waals surface area contributed by atoms with Crippen molar-refractivity contribution in [3.05, 3.63) is 0 Å². The molecule has 0 aromatic heterocycles. The smallest absolute Gasteiger partial charge is 0.402 e. The second kappa shape index (κ2) is 12.4. The van der Waals surface area contributed by atoms with Gasteiger partial charge in [0.25, 0.3) is 14.3 Å². The zero-order chi connectivity index (χ0) is 21.1. The zero-order valence-electron chi connectivity index (χ0n) is 19.5. The van der Waals surface area contributed by atoms with Gasteiger partial charge in [-0.2, -0.15) is 0 Å². The minimum atomic E-state index is -2.26. The molecule has 0 rings (SSSR count). The first-order valence-electron chi connectivity index (χ1n) is 10.9. The molecule has 0 aliphatic carbocycles. The van der Waals surface area contributed by atoms with E-state index in [4.69, 9.17) is 13.3 Å². The van der Waals surface area contributed by atoms with E-state index in [1.807, 2.05) is 27.7 Å². The summed E-state index contributed by atoms with van der Waals surface area (Å²) >= 11 is 0. The second-order valence-corrected chi connectivity index (χ2v) is 15.6. The Kier molecular flexibility index (Phi) is 12.3. The van der Waals surface area contributed by atoms with Gasteiger partial charge in [-0.15, -0.1) is 0 Å². The maximum absolute atomic E-state index is 13.6. The number of rotatable bonds is 14. The van der Waals surface area contributed by atoms with Gasteiger partial charge in [0.2, 0.25) is 0 Å². The summed E-state index contributed by atoms with van der Waals surface area (Å²) in [5, 5.41) is -0.662. The van der Waals surface area contributed by atoms with E-state index in [2.05, 4.69) is 34.6 Å². The summed E-state index contributed by atoms with van der Waals surface area (Å²) in [5.74, 6) is -0.0883. The molecule has 4 nitrogen and oxygen atoms in total. The lowest BCUT2D eigenvalue weighted by molar-refractivity contribution is -0.140. The Morgan fingerprint density at radius 2 is 1.30 bits per heavy atom. The highest BCUT2D eigenvalue weighted by Crippen LogP contribution is 2.47. The van der Waals surface area contributed by atoms with Crippen LogP contribution in [0.1, 0.15) is 94.4 Å². The van der Waals surface area contributed by atoms with E-state index in [1.165, 1.54) is 0 Å². The van der Waals surface area contributed by atoms with Gasteiger partial charge in [0.15, 0.2) is 0 Å². The Balaban J connectivity index is 5.84. The van der Waals surface area contributed by atoms with Gasteiger partial charge in [-0.25, -0.2) is 0 Å². The molecular weight excluding hydrogens is 372 g/mol. The van der Waals surface area contributed by atoms with Crippen LogP contribution in [-0.4, -0.2) is 36.8 Å². The van der Waals surface area contributed by atoms with E-state index in [0.29, 0.717) is 19.6 Å².